The van der Waals surface area contributed by atoms with E-state index in [0.29, 0.717) is 6.04 Å². The highest BCUT2D eigenvalue weighted by Crippen LogP contribution is 2.43. The van der Waals surface area contributed by atoms with Gasteiger partial charge in [0.2, 0.25) is 0 Å². The van der Waals surface area contributed by atoms with Crippen LogP contribution in [0.2, 0.25) is 0 Å². The topological polar surface area (TPSA) is 48.8 Å². The summed E-state index contributed by atoms with van der Waals surface area (Å²) in [6.07, 6.45) is 1.95. The third kappa shape index (κ3) is 4.60. The molecule has 3 aromatic heterocycles. The largest absolute Gasteiger partial charge is 0.455 e. The first-order valence-corrected chi connectivity index (χ1v) is 17.7. The number of fused-ring (bicyclic) bond motifs is 7. The van der Waals surface area contributed by atoms with Crippen LogP contribution in [0, 0.1) is 0 Å². The van der Waals surface area contributed by atoms with Crippen LogP contribution in [-0.2, 0) is 0 Å². The number of furan rings is 1. The number of nitrogens with zero attached hydrogens (tertiary/aromatic N) is 4. The standard InChI is InChI=1S/C45H40N4O/c1-26(2)34-22-31(29-13-8-7-9-14-29)23-35(27(3)4)42(34)49-40-18-11-10-17-38(40)47-45(49)33-16-12-15-32-37-21-30-19-20-39-43(48(25-46-39)28(5)6)36(30)24-41(37)50-44(32)33/h7-28H,1-6H3. The number of rotatable bonds is 6. The van der Waals surface area contributed by atoms with E-state index in [1.165, 1.54) is 33.3 Å². The van der Waals surface area contributed by atoms with Crippen LogP contribution in [0.3, 0.4) is 0 Å². The lowest BCUT2D eigenvalue weighted by Crippen LogP contribution is -2.09. The molecule has 9 aromatic rings. The summed E-state index contributed by atoms with van der Waals surface area (Å²) in [6.45, 7) is 13.6. The van der Waals surface area contributed by atoms with Gasteiger partial charge in [0.15, 0.2) is 0 Å². The normalized spacial score (nSPS) is 12.3. The van der Waals surface area contributed by atoms with Crippen molar-refractivity contribution in [2.24, 2.45) is 0 Å². The van der Waals surface area contributed by atoms with Gasteiger partial charge in [0.1, 0.15) is 17.0 Å². The number of aromatic nitrogens is 4. The van der Waals surface area contributed by atoms with Crippen molar-refractivity contribution >= 4 is 54.8 Å². The predicted molar refractivity (Wildman–Crippen MR) is 209 cm³/mol. The minimum absolute atomic E-state index is 0.283. The SMILES string of the molecule is CC(C)c1cc(-c2ccccc2)cc(C(C)C)c1-n1c(-c2cccc3c2oc2cc4c(ccc5ncn(C(C)C)c54)cc23)nc2ccccc21. The Hall–Kier alpha value is -5.68. The summed E-state index contributed by atoms with van der Waals surface area (Å²) in [5, 5.41) is 4.51. The van der Waals surface area contributed by atoms with Crippen LogP contribution in [-0.4, -0.2) is 19.1 Å². The fraction of sp³-hybridized carbons (Fsp3) is 0.200. The molecule has 0 aliphatic carbocycles. The molecule has 0 atom stereocenters. The van der Waals surface area contributed by atoms with Gasteiger partial charge in [-0.15, -0.1) is 0 Å². The second-order valence-corrected chi connectivity index (χ2v) is 14.5. The summed E-state index contributed by atoms with van der Waals surface area (Å²) in [4.78, 5) is 10.1. The maximum atomic E-state index is 6.91. The molecular formula is C45H40N4O. The molecule has 0 radical (unpaired) electrons. The monoisotopic (exact) mass is 652 g/mol. The van der Waals surface area contributed by atoms with Gasteiger partial charge in [-0.25, -0.2) is 9.97 Å². The fourth-order valence-electron chi connectivity index (χ4n) is 7.76. The highest BCUT2D eigenvalue weighted by molar-refractivity contribution is 6.16. The molecule has 0 aliphatic heterocycles. The Morgan fingerprint density at radius 1 is 0.620 bits per heavy atom. The van der Waals surface area contributed by atoms with E-state index in [0.717, 1.165) is 60.8 Å². The summed E-state index contributed by atoms with van der Waals surface area (Å²) < 4.78 is 11.6. The van der Waals surface area contributed by atoms with Crippen molar-refractivity contribution < 1.29 is 4.42 Å². The zero-order valence-corrected chi connectivity index (χ0v) is 29.4. The Morgan fingerprint density at radius 2 is 1.36 bits per heavy atom. The van der Waals surface area contributed by atoms with Crippen molar-refractivity contribution in [3.63, 3.8) is 0 Å². The lowest BCUT2D eigenvalue weighted by Gasteiger charge is -2.24. The van der Waals surface area contributed by atoms with Crippen molar-refractivity contribution in [2.45, 2.75) is 59.4 Å². The number of hydrogen-bond acceptors (Lipinski definition) is 3. The smallest absolute Gasteiger partial charge is 0.149 e. The van der Waals surface area contributed by atoms with Crippen LogP contribution in [0.1, 0.15) is 70.5 Å². The van der Waals surface area contributed by atoms with Gasteiger partial charge >= 0.3 is 0 Å². The first kappa shape index (κ1) is 30.4. The van der Waals surface area contributed by atoms with Crippen molar-refractivity contribution in [3.8, 4) is 28.2 Å². The van der Waals surface area contributed by atoms with Gasteiger partial charge in [-0.1, -0.05) is 88.4 Å². The Labute approximate surface area is 291 Å². The minimum Gasteiger partial charge on any atom is -0.455 e. The molecule has 5 heteroatoms. The van der Waals surface area contributed by atoms with Crippen molar-refractivity contribution in [2.75, 3.05) is 0 Å². The quantitative estimate of drug-likeness (QED) is 0.180. The van der Waals surface area contributed by atoms with Gasteiger partial charge in [0, 0.05) is 22.2 Å². The number of imidazole rings is 2. The molecule has 0 spiro atoms. The highest BCUT2D eigenvalue weighted by Gasteiger charge is 2.25. The summed E-state index contributed by atoms with van der Waals surface area (Å²) in [7, 11) is 0. The van der Waals surface area contributed by atoms with Crippen LogP contribution >= 0.6 is 0 Å². The molecule has 0 bridgehead atoms. The lowest BCUT2D eigenvalue weighted by molar-refractivity contribution is 0.618. The fourth-order valence-corrected chi connectivity index (χ4v) is 7.76. The van der Waals surface area contributed by atoms with Crippen LogP contribution in [0.5, 0.6) is 0 Å². The van der Waals surface area contributed by atoms with E-state index in [1.807, 2.05) is 6.33 Å². The molecule has 3 heterocycles. The van der Waals surface area contributed by atoms with Crippen molar-refractivity contribution in [1.29, 1.82) is 0 Å². The van der Waals surface area contributed by atoms with Crippen LogP contribution < -0.4 is 0 Å². The second kappa shape index (κ2) is 11.4. The van der Waals surface area contributed by atoms with Crippen molar-refractivity contribution in [3.05, 3.63) is 127 Å². The molecule has 0 unspecified atom stereocenters. The molecule has 0 aliphatic rings. The lowest BCUT2D eigenvalue weighted by atomic mass is 9.88. The highest BCUT2D eigenvalue weighted by atomic mass is 16.3. The van der Waals surface area contributed by atoms with E-state index >= 15 is 0 Å². The third-order valence-corrected chi connectivity index (χ3v) is 10.3. The number of benzene rings is 6. The number of hydrogen-bond donors (Lipinski definition) is 0. The summed E-state index contributed by atoms with van der Waals surface area (Å²) >= 11 is 0. The van der Waals surface area contributed by atoms with Crippen LogP contribution in [0.4, 0.5) is 0 Å². The molecule has 0 fully saturated rings. The molecular weight excluding hydrogens is 613 g/mol. The van der Waals surface area contributed by atoms with E-state index < -0.39 is 0 Å². The van der Waals surface area contributed by atoms with E-state index in [2.05, 4.69) is 160 Å². The maximum absolute atomic E-state index is 6.91. The Kier molecular flexibility index (Phi) is 6.96. The zero-order valence-electron chi connectivity index (χ0n) is 29.4. The first-order valence-electron chi connectivity index (χ1n) is 17.7. The summed E-state index contributed by atoms with van der Waals surface area (Å²) in [5.41, 5.74) is 13.2. The molecule has 0 saturated heterocycles. The number of para-hydroxylation sites is 3. The van der Waals surface area contributed by atoms with Crippen LogP contribution in [0.15, 0.2) is 120 Å². The van der Waals surface area contributed by atoms with Gasteiger partial charge < -0.3 is 8.98 Å². The Bertz CT molecular complexity index is 2710. The third-order valence-electron chi connectivity index (χ3n) is 10.3. The van der Waals surface area contributed by atoms with Gasteiger partial charge in [-0.2, -0.15) is 0 Å². The molecule has 0 amide bonds. The average Bonchev–Trinajstić information content (AvgIpc) is 3.84. The second-order valence-electron chi connectivity index (χ2n) is 14.5. The molecule has 50 heavy (non-hydrogen) atoms. The van der Waals surface area contributed by atoms with E-state index in [-0.39, 0.29) is 11.8 Å². The molecule has 5 nitrogen and oxygen atoms in total. The summed E-state index contributed by atoms with van der Waals surface area (Å²) in [5.74, 6) is 1.45. The molecule has 0 saturated carbocycles. The molecule has 246 valence electrons. The van der Waals surface area contributed by atoms with Gasteiger partial charge in [0.25, 0.3) is 0 Å². The zero-order chi connectivity index (χ0) is 34.3. The minimum atomic E-state index is 0.283. The van der Waals surface area contributed by atoms with Gasteiger partial charge in [-0.3, -0.25) is 4.57 Å². The van der Waals surface area contributed by atoms with Crippen LogP contribution in [0.25, 0.3) is 83.0 Å². The predicted octanol–water partition coefficient (Wildman–Crippen LogP) is 12.6. The summed E-state index contributed by atoms with van der Waals surface area (Å²) in [6, 6.07) is 39.5. The van der Waals surface area contributed by atoms with Gasteiger partial charge in [0.05, 0.1) is 39.6 Å². The van der Waals surface area contributed by atoms with Gasteiger partial charge in [-0.05, 0) is 102 Å². The van der Waals surface area contributed by atoms with E-state index in [9.17, 15) is 0 Å². The van der Waals surface area contributed by atoms with Crippen molar-refractivity contribution in [1.82, 2.24) is 19.1 Å². The Morgan fingerprint density at radius 3 is 2.10 bits per heavy atom. The average molecular weight is 653 g/mol. The first-order chi connectivity index (χ1) is 24.3. The molecule has 9 rings (SSSR count). The molecule has 6 aromatic carbocycles. The Balaban J connectivity index is 1.35. The molecule has 0 N–H and O–H groups in total. The maximum Gasteiger partial charge on any atom is 0.149 e. The van der Waals surface area contributed by atoms with E-state index in [1.54, 1.807) is 0 Å². The van der Waals surface area contributed by atoms with E-state index in [4.69, 9.17) is 14.4 Å².